The summed E-state index contributed by atoms with van der Waals surface area (Å²) in [5.74, 6) is 0.634. The van der Waals surface area contributed by atoms with Gasteiger partial charge in [-0.2, -0.15) is 0 Å². The van der Waals surface area contributed by atoms with Gasteiger partial charge < -0.3 is 10.6 Å². The van der Waals surface area contributed by atoms with E-state index in [2.05, 4.69) is 36.6 Å². The van der Waals surface area contributed by atoms with Crippen LogP contribution >= 0.6 is 0 Å². The van der Waals surface area contributed by atoms with Crippen LogP contribution in [0.25, 0.3) is 0 Å². The minimum atomic E-state index is 0.634. The van der Waals surface area contributed by atoms with Crippen molar-refractivity contribution in [2.45, 2.75) is 19.8 Å². The predicted molar refractivity (Wildman–Crippen MR) is 61.1 cm³/mol. The number of likely N-dealkylation sites (N-methyl/N-ethyl adjacent to an activating group) is 1. The summed E-state index contributed by atoms with van der Waals surface area (Å²) in [6.45, 7) is 6.51. The minimum Gasteiger partial charge on any atom is -0.384 e. The van der Waals surface area contributed by atoms with E-state index >= 15 is 0 Å². The van der Waals surface area contributed by atoms with Crippen LogP contribution in [0, 0.1) is 13.8 Å². The number of benzene rings is 1. The lowest BCUT2D eigenvalue weighted by Crippen LogP contribution is -2.18. The van der Waals surface area contributed by atoms with E-state index in [4.69, 9.17) is 0 Å². The summed E-state index contributed by atoms with van der Waals surface area (Å²) in [5, 5.41) is 6.76. The van der Waals surface area contributed by atoms with Crippen molar-refractivity contribution >= 4 is 5.69 Å². The Kier molecular flexibility index (Phi) is 2.46. The van der Waals surface area contributed by atoms with Gasteiger partial charge in [0.1, 0.15) is 0 Å². The third-order valence-electron chi connectivity index (χ3n) is 3.06. The number of anilines is 1. The van der Waals surface area contributed by atoms with Gasteiger partial charge in [0.05, 0.1) is 0 Å². The van der Waals surface area contributed by atoms with Crippen LogP contribution in [0.5, 0.6) is 0 Å². The number of rotatable bonds is 2. The van der Waals surface area contributed by atoms with Crippen molar-refractivity contribution in [2.75, 3.05) is 25.5 Å². The average Bonchev–Trinajstić information content (AvgIpc) is 2.58. The van der Waals surface area contributed by atoms with Crippen molar-refractivity contribution in [2.24, 2.45) is 0 Å². The third-order valence-corrected chi connectivity index (χ3v) is 3.06. The first kappa shape index (κ1) is 9.53. The molecule has 2 rings (SSSR count). The zero-order valence-corrected chi connectivity index (χ0v) is 9.15. The van der Waals surface area contributed by atoms with Crippen LogP contribution in [-0.4, -0.2) is 20.1 Å². The monoisotopic (exact) mass is 190 g/mol. The zero-order chi connectivity index (χ0) is 10.1. The number of hydrogen-bond donors (Lipinski definition) is 2. The van der Waals surface area contributed by atoms with Gasteiger partial charge in [-0.15, -0.1) is 0 Å². The van der Waals surface area contributed by atoms with E-state index in [1.165, 1.54) is 22.4 Å². The maximum atomic E-state index is 3.50. The fraction of sp³-hybridized carbons (Fsp3) is 0.500. The van der Waals surface area contributed by atoms with E-state index in [-0.39, 0.29) is 0 Å². The van der Waals surface area contributed by atoms with Crippen molar-refractivity contribution < 1.29 is 0 Å². The Balaban J connectivity index is 2.42. The molecule has 2 N–H and O–H groups in total. The van der Waals surface area contributed by atoms with Crippen molar-refractivity contribution in [1.29, 1.82) is 0 Å². The van der Waals surface area contributed by atoms with Gasteiger partial charge >= 0.3 is 0 Å². The van der Waals surface area contributed by atoms with Gasteiger partial charge in [0.15, 0.2) is 0 Å². The van der Waals surface area contributed by atoms with Crippen LogP contribution in [0.3, 0.4) is 0 Å². The van der Waals surface area contributed by atoms with Crippen molar-refractivity contribution in [3.05, 3.63) is 28.8 Å². The summed E-state index contributed by atoms with van der Waals surface area (Å²) in [5.41, 5.74) is 5.66. The Morgan fingerprint density at radius 2 is 2.07 bits per heavy atom. The summed E-state index contributed by atoms with van der Waals surface area (Å²) in [4.78, 5) is 0. The third kappa shape index (κ3) is 1.40. The molecule has 1 aliphatic rings. The molecule has 2 heteroatoms. The van der Waals surface area contributed by atoms with Gasteiger partial charge in [0, 0.05) is 24.7 Å². The average molecular weight is 190 g/mol. The SMILES string of the molecule is CNCC1CNc2c(C)ccc(C)c21. The molecule has 0 radical (unpaired) electrons. The Hall–Kier alpha value is -1.02. The highest BCUT2D eigenvalue weighted by Gasteiger charge is 2.24. The second kappa shape index (κ2) is 3.62. The van der Waals surface area contributed by atoms with Crippen LogP contribution in [-0.2, 0) is 0 Å². The Labute approximate surface area is 85.7 Å². The van der Waals surface area contributed by atoms with E-state index in [1.807, 2.05) is 7.05 Å². The van der Waals surface area contributed by atoms with Crippen LogP contribution < -0.4 is 10.6 Å². The fourth-order valence-electron chi connectivity index (χ4n) is 2.34. The zero-order valence-electron chi connectivity index (χ0n) is 9.15. The fourth-order valence-corrected chi connectivity index (χ4v) is 2.34. The second-order valence-corrected chi connectivity index (χ2v) is 4.12. The van der Waals surface area contributed by atoms with Crippen LogP contribution in [0.15, 0.2) is 12.1 Å². The van der Waals surface area contributed by atoms with E-state index in [0.717, 1.165) is 13.1 Å². The molecular weight excluding hydrogens is 172 g/mol. The maximum Gasteiger partial charge on any atom is 0.0409 e. The van der Waals surface area contributed by atoms with Crippen LogP contribution in [0.2, 0.25) is 0 Å². The van der Waals surface area contributed by atoms with Crippen LogP contribution in [0.1, 0.15) is 22.6 Å². The summed E-state index contributed by atoms with van der Waals surface area (Å²) in [6, 6.07) is 4.42. The molecule has 0 amide bonds. The van der Waals surface area contributed by atoms with Crippen molar-refractivity contribution in [3.8, 4) is 0 Å². The summed E-state index contributed by atoms with van der Waals surface area (Å²) < 4.78 is 0. The van der Waals surface area contributed by atoms with Gasteiger partial charge in [-0.05, 0) is 37.6 Å². The highest BCUT2D eigenvalue weighted by Crippen LogP contribution is 2.35. The van der Waals surface area contributed by atoms with Crippen molar-refractivity contribution in [3.63, 3.8) is 0 Å². The molecule has 1 heterocycles. The quantitative estimate of drug-likeness (QED) is 0.745. The van der Waals surface area contributed by atoms with Gasteiger partial charge in [-0.25, -0.2) is 0 Å². The Bertz CT molecular complexity index is 344. The molecule has 14 heavy (non-hydrogen) atoms. The lowest BCUT2D eigenvalue weighted by atomic mass is 9.94. The minimum absolute atomic E-state index is 0.634. The topological polar surface area (TPSA) is 24.1 Å². The predicted octanol–water partition coefficient (Wildman–Crippen LogP) is 2.03. The molecule has 0 spiro atoms. The normalized spacial score (nSPS) is 19.2. The highest BCUT2D eigenvalue weighted by atomic mass is 14.9. The van der Waals surface area contributed by atoms with Crippen molar-refractivity contribution in [1.82, 2.24) is 5.32 Å². The molecule has 0 bridgehead atoms. The first-order chi connectivity index (χ1) is 6.74. The second-order valence-electron chi connectivity index (χ2n) is 4.12. The molecule has 0 fully saturated rings. The number of hydrogen-bond acceptors (Lipinski definition) is 2. The molecule has 1 atom stereocenters. The van der Waals surface area contributed by atoms with Gasteiger partial charge in [-0.1, -0.05) is 12.1 Å². The summed E-state index contributed by atoms with van der Waals surface area (Å²) in [6.07, 6.45) is 0. The standard InChI is InChI=1S/C12H18N2/c1-8-4-5-9(2)12-11(8)10(6-13-3)7-14-12/h4-5,10,13-14H,6-7H2,1-3H3. The molecular formula is C12H18N2. The van der Waals surface area contributed by atoms with Gasteiger partial charge in [0.2, 0.25) is 0 Å². The van der Waals surface area contributed by atoms with E-state index in [9.17, 15) is 0 Å². The molecule has 1 unspecified atom stereocenters. The first-order valence-corrected chi connectivity index (χ1v) is 5.22. The Morgan fingerprint density at radius 3 is 2.79 bits per heavy atom. The molecule has 0 saturated heterocycles. The molecule has 1 aromatic rings. The largest absolute Gasteiger partial charge is 0.384 e. The lowest BCUT2D eigenvalue weighted by Gasteiger charge is -2.12. The van der Waals surface area contributed by atoms with Gasteiger partial charge in [-0.3, -0.25) is 0 Å². The van der Waals surface area contributed by atoms with Gasteiger partial charge in [0.25, 0.3) is 0 Å². The highest BCUT2D eigenvalue weighted by molar-refractivity contribution is 5.65. The molecule has 0 saturated carbocycles. The summed E-state index contributed by atoms with van der Waals surface area (Å²) in [7, 11) is 2.02. The van der Waals surface area contributed by atoms with E-state index in [1.54, 1.807) is 0 Å². The molecule has 1 aromatic carbocycles. The first-order valence-electron chi connectivity index (χ1n) is 5.22. The van der Waals surface area contributed by atoms with Crippen LogP contribution in [0.4, 0.5) is 5.69 Å². The molecule has 76 valence electrons. The maximum absolute atomic E-state index is 3.50. The molecule has 0 aliphatic carbocycles. The Morgan fingerprint density at radius 1 is 1.36 bits per heavy atom. The molecule has 1 aliphatic heterocycles. The summed E-state index contributed by atoms with van der Waals surface area (Å²) >= 11 is 0. The smallest absolute Gasteiger partial charge is 0.0409 e. The van der Waals surface area contributed by atoms with E-state index in [0.29, 0.717) is 5.92 Å². The lowest BCUT2D eigenvalue weighted by molar-refractivity contribution is 0.671. The molecule has 2 nitrogen and oxygen atoms in total. The number of nitrogens with one attached hydrogen (secondary N) is 2. The van der Waals surface area contributed by atoms with E-state index < -0.39 is 0 Å². The number of fused-ring (bicyclic) bond motifs is 1. The molecule has 0 aromatic heterocycles. The number of aryl methyl sites for hydroxylation is 2.